The average Bonchev–Trinajstić information content (AvgIpc) is 3.25. The van der Waals surface area contributed by atoms with Crippen molar-refractivity contribution in [2.24, 2.45) is 15.7 Å². The first-order valence-corrected chi connectivity index (χ1v) is 10.1. The first-order chi connectivity index (χ1) is 14.0. The first kappa shape index (κ1) is 22.1. The number of ether oxygens (including phenoxy) is 1. The number of aryl methyl sites for hydroxylation is 1. The summed E-state index contributed by atoms with van der Waals surface area (Å²) in [5.74, 6) is 1.81. The van der Waals surface area contributed by atoms with Gasteiger partial charge < -0.3 is 20.7 Å². The number of rotatable bonds is 4. The van der Waals surface area contributed by atoms with Crippen LogP contribution in [0.15, 0.2) is 52.4 Å². The van der Waals surface area contributed by atoms with Crippen LogP contribution in [-0.4, -0.2) is 43.3 Å². The van der Waals surface area contributed by atoms with Crippen molar-refractivity contribution in [3.8, 4) is 5.75 Å². The number of anilines is 2. The van der Waals surface area contributed by atoms with Crippen molar-refractivity contribution in [2.45, 2.75) is 26.1 Å². The van der Waals surface area contributed by atoms with Gasteiger partial charge in [0.2, 0.25) is 18.2 Å². The summed E-state index contributed by atoms with van der Waals surface area (Å²) >= 11 is 6.32. The van der Waals surface area contributed by atoms with Crippen LogP contribution in [0, 0.1) is 6.92 Å². The number of nitrogens with one attached hydrogen (secondary N) is 1. The number of halogens is 2. The lowest BCUT2D eigenvalue weighted by Crippen LogP contribution is -2.54. The molecule has 3 N–H and O–H groups in total. The third kappa shape index (κ3) is 4.57. The molecule has 1 fully saturated rings. The molecule has 7 nitrogen and oxygen atoms in total. The quantitative estimate of drug-likeness (QED) is 0.736. The average molecular weight is 449 g/mol. The Hall–Kier alpha value is -2.64. The second kappa shape index (κ2) is 9.45. The number of hydrogen-bond donors (Lipinski definition) is 2. The molecule has 9 heteroatoms. The summed E-state index contributed by atoms with van der Waals surface area (Å²) in [6.45, 7) is 3.86. The molecule has 1 unspecified atom stereocenters. The summed E-state index contributed by atoms with van der Waals surface area (Å²) in [6.07, 6.45) is 1.80. The molecule has 0 bridgehead atoms. The minimum absolute atomic E-state index is 0. The predicted octanol–water partition coefficient (Wildman–Crippen LogP) is 4.06. The van der Waals surface area contributed by atoms with Crippen LogP contribution in [0.4, 0.5) is 11.4 Å². The third-order valence-corrected chi connectivity index (χ3v) is 5.52. The normalized spacial score (nSPS) is 18.4. The van der Waals surface area contributed by atoms with Gasteiger partial charge in [0.1, 0.15) is 5.75 Å². The molecule has 0 aliphatic carbocycles. The van der Waals surface area contributed by atoms with Crippen molar-refractivity contribution in [3.63, 3.8) is 0 Å². The Morgan fingerprint density at radius 1 is 1.17 bits per heavy atom. The second-order valence-corrected chi connectivity index (χ2v) is 7.55. The molecule has 4 rings (SSSR count). The predicted molar refractivity (Wildman–Crippen MR) is 126 cm³/mol. The zero-order valence-corrected chi connectivity index (χ0v) is 18.6. The van der Waals surface area contributed by atoms with Gasteiger partial charge in [-0.05, 0) is 49.6 Å². The highest BCUT2D eigenvalue weighted by Gasteiger charge is 2.32. The first-order valence-electron chi connectivity index (χ1n) is 9.68. The Bertz CT molecular complexity index is 958. The summed E-state index contributed by atoms with van der Waals surface area (Å²) in [7, 11) is 1.66. The monoisotopic (exact) mass is 448 g/mol. The van der Waals surface area contributed by atoms with Gasteiger partial charge in [-0.3, -0.25) is 4.90 Å². The van der Waals surface area contributed by atoms with Gasteiger partial charge in [-0.15, -0.1) is 12.4 Å². The lowest BCUT2D eigenvalue weighted by molar-refractivity contribution is 0.414. The molecule has 2 aliphatic rings. The third-order valence-electron chi connectivity index (χ3n) is 5.12. The Balaban J connectivity index is 0.00000256. The van der Waals surface area contributed by atoms with E-state index in [1.54, 1.807) is 7.11 Å². The van der Waals surface area contributed by atoms with Gasteiger partial charge in [-0.2, -0.15) is 4.99 Å². The molecule has 0 saturated carbocycles. The number of aliphatic imine (C=N–C) groups is 2. The molecule has 1 atom stereocenters. The van der Waals surface area contributed by atoms with Crippen LogP contribution < -0.4 is 20.7 Å². The fourth-order valence-corrected chi connectivity index (χ4v) is 3.74. The van der Waals surface area contributed by atoms with E-state index in [4.69, 9.17) is 22.1 Å². The van der Waals surface area contributed by atoms with Crippen LogP contribution in [-0.2, 0) is 0 Å². The molecule has 2 aliphatic heterocycles. The molecule has 0 aromatic heterocycles. The zero-order valence-electron chi connectivity index (χ0n) is 17.0. The van der Waals surface area contributed by atoms with Gasteiger partial charge in [0.25, 0.3) is 0 Å². The molecule has 2 aromatic rings. The van der Waals surface area contributed by atoms with E-state index in [2.05, 4.69) is 25.1 Å². The Labute approximate surface area is 188 Å². The number of methoxy groups -OCH3 is 1. The number of nitrogens with zero attached hydrogens (tertiary/aromatic N) is 4. The van der Waals surface area contributed by atoms with E-state index in [1.165, 1.54) is 0 Å². The number of hydrogen-bond acceptors (Lipinski definition) is 7. The van der Waals surface area contributed by atoms with Crippen LogP contribution >= 0.6 is 24.0 Å². The molecule has 0 amide bonds. The number of guanidine groups is 2. The SMILES string of the molecule is COc1cccc(N2C(N3CCCC3)=NC(N)=NC2Nc2ccc(C)c(Cl)c2)c1.Cl. The molecule has 160 valence electrons. The van der Waals surface area contributed by atoms with Crippen molar-refractivity contribution in [2.75, 3.05) is 30.4 Å². The van der Waals surface area contributed by atoms with Gasteiger partial charge in [-0.25, -0.2) is 4.99 Å². The lowest BCUT2D eigenvalue weighted by atomic mass is 10.2. The fourth-order valence-electron chi connectivity index (χ4n) is 3.56. The molecule has 2 aromatic carbocycles. The maximum atomic E-state index is 6.32. The van der Waals surface area contributed by atoms with E-state index in [0.29, 0.717) is 5.02 Å². The smallest absolute Gasteiger partial charge is 0.222 e. The van der Waals surface area contributed by atoms with Crippen LogP contribution in [0.2, 0.25) is 5.02 Å². The molecule has 2 heterocycles. The highest BCUT2D eigenvalue weighted by Crippen LogP contribution is 2.29. The van der Waals surface area contributed by atoms with Gasteiger partial charge >= 0.3 is 0 Å². The van der Waals surface area contributed by atoms with Gasteiger partial charge in [-0.1, -0.05) is 23.7 Å². The van der Waals surface area contributed by atoms with E-state index >= 15 is 0 Å². The molecular formula is C21H26Cl2N6O. The van der Waals surface area contributed by atoms with Crippen molar-refractivity contribution >= 4 is 47.3 Å². The minimum atomic E-state index is -0.464. The summed E-state index contributed by atoms with van der Waals surface area (Å²) in [4.78, 5) is 13.5. The van der Waals surface area contributed by atoms with Gasteiger partial charge in [0.15, 0.2) is 0 Å². The van der Waals surface area contributed by atoms with Crippen LogP contribution in [0.1, 0.15) is 18.4 Å². The van der Waals surface area contributed by atoms with Crippen LogP contribution in [0.5, 0.6) is 5.75 Å². The maximum Gasteiger partial charge on any atom is 0.222 e. The van der Waals surface area contributed by atoms with Crippen molar-refractivity contribution in [1.29, 1.82) is 0 Å². The standard InChI is InChI=1S/C21H25ClN6O.ClH/c1-14-8-9-15(12-18(14)22)24-20-25-19(23)26-21(27-10-3-4-11-27)28(20)16-6-5-7-17(13-16)29-2;/h5-9,12-13,20,24H,3-4,10-11H2,1-2H3,(H2,23,25);1H. The van der Waals surface area contributed by atoms with E-state index in [9.17, 15) is 0 Å². The van der Waals surface area contributed by atoms with Crippen molar-refractivity contribution in [1.82, 2.24) is 4.90 Å². The van der Waals surface area contributed by atoms with E-state index < -0.39 is 6.29 Å². The highest BCUT2D eigenvalue weighted by atomic mass is 35.5. The maximum absolute atomic E-state index is 6.32. The summed E-state index contributed by atoms with van der Waals surface area (Å²) < 4.78 is 5.43. The van der Waals surface area contributed by atoms with Crippen molar-refractivity contribution in [3.05, 3.63) is 53.1 Å². The van der Waals surface area contributed by atoms with Gasteiger partial charge in [0.05, 0.1) is 12.8 Å². The molecule has 30 heavy (non-hydrogen) atoms. The molecule has 1 saturated heterocycles. The van der Waals surface area contributed by atoms with Crippen molar-refractivity contribution < 1.29 is 4.74 Å². The van der Waals surface area contributed by atoms with E-state index in [0.717, 1.165) is 54.6 Å². The van der Waals surface area contributed by atoms with E-state index in [-0.39, 0.29) is 18.4 Å². The minimum Gasteiger partial charge on any atom is -0.497 e. The second-order valence-electron chi connectivity index (χ2n) is 7.15. The van der Waals surface area contributed by atoms with Crippen LogP contribution in [0.3, 0.4) is 0 Å². The Morgan fingerprint density at radius 3 is 2.63 bits per heavy atom. The van der Waals surface area contributed by atoms with Crippen LogP contribution in [0.25, 0.3) is 0 Å². The number of nitrogens with two attached hydrogens (primary N) is 1. The Kier molecular flexibility index (Phi) is 6.95. The lowest BCUT2D eigenvalue weighted by Gasteiger charge is -2.38. The zero-order chi connectivity index (χ0) is 20.4. The molecule has 0 radical (unpaired) electrons. The van der Waals surface area contributed by atoms with Gasteiger partial charge in [0, 0.05) is 29.9 Å². The Morgan fingerprint density at radius 2 is 1.93 bits per heavy atom. The highest BCUT2D eigenvalue weighted by molar-refractivity contribution is 6.31. The topological polar surface area (TPSA) is 78.5 Å². The number of benzene rings is 2. The molecular weight excluding hydrogens is 423 g/mol. The summed E-state index contributed by atoms with van der Waals surface area (Å²) in [6, 6.07) is 13.7. The summed E-state index contributed by atoms with van der Waals surface area (Å²) in [5, 5.41) is 4.14. The number of likely N-dealkylation sites (tertiary alicyclic amines) is 1. The fraction of sp³-hybridized carbons (Fsp3) is 0.333. The largest absolute Gasteiger partial charge is 0.497 e. The van der Waals surface area contributed by atoms with E-state index in [1.807, 2.05) is 49.4 Å². The molecule has 0 spiro atoms. The summed E-state index contributed by atoms with van der Waals surface area (Å²) in [5.41, 5.74) is 8.90.